The average Bonchev–Trinajstić information content (AvgIpc) is 3.20. The van der Waals surface area contributed by atoms with E-state index < -0.39 is 0 Å². The molecule has 0 unspecified atom stereocenters. The Hall–Kier alpha value is -2.47. The number of benzene rings is 1. The normalized spacial score (nSPS) is 15.2. The highest BCUT2D eigenvalue weighted by molar-refractivity contribution is 5.92. The lowest BCUT2D eigenvalue weighted by Gasteiger charge is -2.34. The molecule has 1 saturated heterocycles. The minimum Gasteiger partial charge on any atom is -0.493 e. The summed E-state index contributed by atoms with van der Waals surface area (Å²) >= 11 is 0. The standard InChI is InChI=1S/C19H25N3O3/c1-24-17-7-2-3-8-18(17)25-15-5-10-21-11-13-22(14-12-21)19(23)16-6-4-9-20-16/h2-4,6-9,20H,5,10-15H2,1H3. The number of carbonyl (C=O) groups is 1. The van der Waals surface area contributed by atoms with E-state index in [4.69, 9.17) is 9.47 Å². The molecule has 0 bridgehead atoms. The topological polar surface area (TPSA) is 57.8 Å². The fourth-order valence-electron chi connectivity index (χ4n) is 3.02. The van der Waals surface area contributed by atoms with Crippen molar-refractivity contribution in [1.29, 1.82) is 0 Å². The van der Waals surface area contributed by atoms with Crippen LogP contribution in [0.2, 0.25) is 0 Å². The molecule has 1 aliphatic heterocycles. The molecule has 1 fully saturated rings. The van der Waals surface area contributed by atoms with Gasteiger partial charge in [0, 0.05) is 38.9 Å². The maximum Gasteiger partial charge on any atom is 0.270 e. The number of piperazine rings is 1. The number of nitrogens with one attached hydrogen (secondary N) is 1. The minimum atomic E-state index is 0.0872. The molecule has 1 amide bonds. The summed E-state index contributed by atoms with van der Waals surface area (Å²) in [6.07, 6.45) is 2.73. The Morgan fingerprint density at radius 3 is 2.52 bits per heavy atom. The number of methoxy groups -OCH3 is 1. The molecule has 1 aromatic carbocycles. The van der Waals surface area contributed by atoms with E-state index in [0.717, 1.165) is 50.6 Å². The van der Waals surface area contributed by atoms with Crippen LogP contribution in [0.25, 0.3) is 0 Å². The lowest BCUT2D eigenvalue weighted by molar-refractivity contribution is 0.0625. The van der Waals surface area contributed by atoms with E-state index in [9.17, 15) is 4.79 Å². The molecule has 6 heteroatoms. The van der Waals surface area contributed by atoms with Crippen molar-refractivity contribution in [3.8, 4) is 11.5 Å². The van der Waals surface area contributed by atoms with Gasteiger partial charge in [-0.05, 0) is 30.7 Å². The van der Waals surface area contributed by atoms with Crippen LogP contribution in [0, 0.1) is 0 Å². The monoisotopic (exact) mass is 343 g/mol. The van der Waals surface area contributed by atoms with Crippen molar-refractivity contribution >= 4 is 5.91 Å². The van der Waals surface area contributed by atoms with Gasteiger partial charge in [-0.2, -0.15) is 0 Å². The van der Waals surface area contributed by atoms with Gasteiger partial charge in [-0.3, -0.25) is 9.69 Å². The van der Waals surface area contributed by atoms with Crippen molar-refractivity contribution in [1.82, 2.24) is 14.8 Å². The molecule has 3 rings (SSSR count). The van der Waals surface area contributed by atoms with E-state index in [-0.39, 0.29) is 5.91 Å². The summed E-state index contributed by atoms with van der Waals surface area (Å²) in [5, 5.41) is 0. The fourth-order valence-corrected chi connectivity index (χ4v) is 3.02. The Bertz CT molecular complexity index is 664. The van der Waals surface area contributed by atoms with Crippen LogP contribution in [0.3, 0.4) is 0 Å². The Labute approximate surface area is 148 Å². The van der Waals surface area contributed by atoms with E-state index in [2.05, 4.69) is 9.88 Å². The Balaban J connectivity index is 1.36. The number of rotatable bonds is 7. The molecule has 1 aromatic heterocycles. The Morgan fingerprint density at radius 1 is 1.08 bits per heavy atom. The zero-order chi connectivity index (χ0) is 17.5. The van der Waals surface area contributed by atoms with Gasteiger partial charge in [0.15, 0.2) is 11.5 Å². The summed E-state index contributed by atoms with van der Waals surface area (Å²) in [5.74, 6) is 1.63. The van der Waals surface area contributed by atoms with Gasteiger partial charge < -0.3 is 19.4 Å². The van der Waals surface area contributed by atoms with Crippen molar-refractivity contribution in [2.45, 2.75) is 6.42 Å². The maximum atomic E-state index is 12.3. The number of para-hydroxylation sites is 2. The number of aromatic amines is 1. The van der Waals surface area contributed by atoms with Crippen LogP contribution in [0.5, 0.6) is 11.5 Å². The van der Waals surface area contributed by atoms with Crippen LogP contribution in [0.4, 0.5) is 0 Å². The van der Waals surface area contributed by atoms with Crippen LogP contribution >= 0.6 is 0 Å². The van der Waals surface area contributed by atoms with Crippen LogP contribution < -0.4 is 9.47 Å². The summed E-state index contributed by atoms with van der Waals surface area (Å²) in [5.41, 5.74) is 0.665. The molecule has 0 aliphatic carbocycles. The highest BCUT2D eigenvalue weighted by atomic mass is 16.5. The quantitative estimate of drug-likeness (QED) is 0.784. The molecule has 134 valence electrons. The van der Waals surface area contributed by atoms with E-state index in [1.54, 1.807) is 13.3 Å². The Morgan fingerprint density at radius 2 is 1.84 bits per heavy atom. The number of hydrogen-bond acceptors (Lipinski definition) is 4. The van der Waals surface area contributed by atoms with Crippen molar-refractivity contribution in [2.75, 3.05) is 46.4 Å². The first kappa shape index (κ1) is 17.4. The van der Waals surface area contributed by atoms with E-state index in [1.807, 2.05) is 41.3 Å². The van der Waals surface area contributed by atoms with Gasteiger partial charge in [0.25, 0.3) is 5.91 Å². The number of nitrogens with zero attached hydrogens (tertiary/aromatic N) is 2. The molecule has 2 aromatic rings. The highest BCUT2D eigenvalue weighted by Crippen LogP contribution is 2.25. The molecule has 6 nitrogen and oxygen atoms in total. The number of H-pyrrole nitrogens is 1. The first-order chi connectivity index (χ1) is 12.3. The zero-order valence-corrected chi connectivity index (χ0v) is 14.6. The third-order valence-corrected chi connectivity index (χ3v) is 4.43. The molecule has 1 aliphatic rings. The lowest BCUT2D eigenvalue weighted by Crippen LogP contribution is -2.49. The summed E-state index contributed by atoms with van der Waals surface area (Å²) in [7, 11) is 1.65. The third kappa shape index (κ3) is 4.54. The number of hydrogen-bond donors (Lipinski definition) is 1. The van der Waals surface area contributed by atoms with Gasteiger partial charge in [0.05, 0.1) is 13.7 Å². The summed E-state index contributed by atoms with van der Waals surface area (Å²) in [6.45, 7) is 4.97. The minimum absolute atomic E-state index is 0.0872. The van der Waals surface area contributed by atoms with E-state index in [0.29, 0.717) is 12.3 Å². The molecule has 0 radical (unpaired) electrons. The van der Waals surface area contributed by atoms with Gasteiger partial charge in [-0.15, -0.1) is 0 Å². The SMILES string of the molecule is COc1ccccc1OCCCN1CCN(C(=O)c2ccc[nH]2)CC1. The van der Waals surface area contributed by atoms with Gasteiger partial charge in [-0.1, -0.05) is 12.1 Å². The van der Waals surface area contributed by atoms with Crippen molar-refractivity contribution in [3.05, 3.63) is 48.3 Å². The fraction of sp³-hybridized carbons (Fsp3) is 0.421. The number of aromatic nitrogens is 1. The largest absolute Gasteiger partial charge is 0.493 e. The summed E-state index contributed by atoms with van der Waals surface area (Å²) in [6, 6.07) is 11.4. The number of amides is 1. The molecule has 1 N–H and O–H groups in total. The van der Waals surface area contributed by atoms with Crippen LogP contribution in [-0.2, 0) is 0 Å². The van der Waals surface area contributed by atoms with Gasteiger partial charge >= 0.3 is 0 Å². The van der Waals surface area contributed by atoms with Crippen molar-refractivity contribution in [2.24, 2.45) is 0 Å². The second-order valence-corrected chi connectivity index (χ2v) is 6.07. The van der Waals surface area contributed by atoms with Crippen molar-refractivity contribution in [3.63, 3.8) is 0 Å². The number of carbonyl (C=O) groups excluding carboxylic acids is 1. The van der Waals surface area contributed by atoms with Gasteiger partial charge in [0.2, 0.25) is 0 Å². The molecule has 0 atom stereocenters. The highest BCUT2D eigenvalue weighted by Gasteiger charge is 2.22. The Kier molecular flexibility index (Phi) is 5.95. The van der Waals surface area contributed by atoms with Crippen LogP contribution in [0.15, 0.2) is 42.6 Å². The smallest absolute Gasteiger partial charge is 0.270 e. The predicted octanol–water partition coefficient (Wildman–Crippen LogP) is 2.25. The first-order valence-corrected chi connectivity index (χ1v) is 8.69. The predicted molar refractivity (Wildman–Crippen MR) is 96.2 cm³/mol. The molecule has 0 saturated carbocycles. The summed E-state index contributed by atoms with van der Waals surface area (Å²) < 4.78 is 11.1. The van der Waals surface area contributed by atoms with Crippen molar-refractivity contribution < 1.29 is 14.3 Å². The maximum absolute atomic E-state index is 12.3. The summed E-state index contributed by atoms with van der Waals surface area (Å²) in [4.78, 5) is 19.6. The van der Waals surface area contributed by atoms with E-state index >= 15 is 0 Å². The molecule has 2 heterocycles. The second-order valence-electron chi connectivity index (χ2n) is 6.07. The van der Waals surface area contributed by atoms with Gasteiger partial charge in [0.1, 0.15) is 5.69 Å². The zero-order valence-electron chi connectivity index (χ0n) is 14.6. The number of ether oxygens (including phenoxy) is 2. The molecule has 25 heavy (non-hydrogen) atoms. The molecule has 0 spiro atoms. The van der Waals surface area contributed by atoms with E-state index in [1.165, 1.54) is 0 Å². The first-order valence-electron chi connectivity index (χ1n) is 8.69. The second kappa shape index (κ2) is 8.58. The van der Waals surface area contributed by atoms with Crippen LogP contribution in [-0.4, -0.2) is 67.1 Å². The third-order valence-electron chi connectivity index (χ3n) is 4.43. The van der Waals surface area contributed by atoms with Crippen LogP contribution in [0.1, 0.15) is 16.9 Å². The lowest BCUT2D eigenvalue weighted by atomic mass is 10.2. The average molecular weight is 343 g/mol. The molecular formula is C19H25N3O3. The molecular weight excluding hydrogens is 318 g/mol. The van der Waals surface area contributed by atoms with Gasteiger partial charge in [-0.25, -0.2) is 0 Å².